The second-order valence-corrected chi connectivity index (χ2v) is 6.92. The number of ether oxygens (including phenoxy) is 1. The molecular weight excluding hydrogens is 393 g/mol. The Morgan fingerprint density at radius 3 is 2.77 bits per heavy atom. The van der Waals surface area contributed by atoms with Gasteiger partial charge in [0, 0.05) is 31.4 Å². The number of tetrazole rings is 1. The molecule has 10 nitrogen and oxygen atoms in total. The number of hydrogen-bond acceptors (Lipinski definition) is 8. The Bertz CT molecular complexity index is 1050. The Kier molecular flexibility index (Phi) is 5.38. The van der Waals surface area contributed by atoms with Crippen LogP contribution in [0.4, 0.5) is 14.9 Å². The van der Waals surface area contributed by atoms with Crippen molar-refractivity contribution in [2.45, 2.75) is 6.10 Å². The third-order valence-electron chi connectivity index (χ3n) is 4.47. The minimum absolute atomic E-state index is 0.231. The van der Waals surface area contributed by atoms with E-state index in [2.05, 4.69) is 20.4 Å². The Hall–Kier alpha value is -3.44. The van der Waals surface area contributed by atoms with Gasteiger partial charge in [-0.05, 0) is 29.5 Å². The van der Waals surface area contributed by atoms with Crippen molar-refractivity contribution in [3.05, 3.63) is 42.3 Å². The summed E-state index contributed by atoms with van der Waals surface area (Å²) in [6, 6.07) is 8.03. The lowest BCUT2D eigenvalue weighted by Crippen LogP contribution is -2.27. The molecule has 11 heteroatoms. The van der Waals surface area contributed by atoms with Gasteiger partial charge in [-0.1, -0.05) is 6.07 Å². The maximum absolute atomic E-state index is 14.8. The molecule has 1 fully saturated rings. The first kappa shape index (κ1) is 19.9. The molecule has 0 bridgehead atoms. The van der Waals surface area contributed by atoms with Gasteiger partial charge in [-0.25, -0.2) is 9.18 Å². The van der Waals surface area contributed by atoms with E-state index in [1.54, 1.807) is 51.6 Å². The topological polar surface area (TPSA) is 98.5 Å². The van der Waals surface area contributed by atoms with Crippen LogP contribution < -0.4 is 4.90 Å². The summed E-state index contributed by atoms with van der Waals surface area (Å²) in [5.41, 5.74) is 1.91. The molecule has 1 aliphatic rings. The number of cyclic esters (lactones) is 1. The van der Waals surface area contributed by atoms with E-state index in [0.717, 1.165) is 0 Å². The molecule has 0 spiro atoms. The van der Waals surface area contributed by atoms with Gasteiger partial charge in [-0.3, -0.25) is 14.7 Å². The van der Waals surface area contributed by atoms with Crippen molar-refractivity contribution < 1.29 is 18.8 Å². The highest BCUT2D eigenvalue weighted by Gasteiger charge is 2.33. The summed E-state index contributed by atoms with van der Waals surface area (Å²) in [6.07, 6.45) is 0.591. The molecule has 2 aromatic heterocycles. The fraction of sp³-hybridized carbons (Fsp3) is 0.316. The lowest BCUT2D eigenvalue weighted by Gasteiger charge is -2.15. The molecule has 1 aromatic carbocycles. The standard InChI is InChI=1S/C19H20FN7O3/c1-25(2)29-11-14-10-27(19(28)30-14)13-5-6-15(16(20)8-13)12-4-7-17(21-9-12)18-22-24-26(3)23-18/h4-9,14H,10-11H2,1-3H3/t14-/m1/s1. The van der Waals surface area contributed by atoms with Crippen LogP contribution in [0.3, 0.4) is 0 Å². The molecule has 0 saturated carbocycles. The third kappa shape index (κ3) is 4.11. The van der Waals surface area contributed by atoms with E-state index in [4.69, 9.17) is 9.57 Å². The number of aromatic nitrogens is 5. The van der Waals surface area contributed by atoms with E-state index < -0.39 is 18.0 Å². The SMILES string of the molecule is CN(C)OC[C@H]1CN(c2ccc(-c3ccc(-c4nnn(C)n4)nc3)c(F)c2)C(=O)O1. The smallest absolute Gasteiger partial charge is 0.414 e. The second-order valence-electron chi connectivity index (χ2n) is 6.92. The van der Waals surface area contributed by atoms with E-state index in [1.165, 1.54) is 20.8 Å². The molecule has 0 N–H and O–H groups in total. The summed E-state index contributed by atoms with van der Waals surface area (Å²) >= 11 is 0. The highest BCUT2D eigenvalue weighted by Crippen LogP contribution is 2.29. The van der Waals surface area contributed by atoms with Crippen molar-refractivity contribution in [3.63, 3.8) is 0 Å². The van der Waals surface area contributed by atoms with Crippen molar-refractivity contribution in [2.24, 2.45) is 7.05 Å². The van der Waals surface area contributed by atoms with Gasteiger partial charge in [0.15, 0.2) is 0 Å². The minimum Gasteiger partial charge on any atom is -0.441 e. The Morgan fingerprint density at radius 2 is 2.13 bits per heavy atom. The zero-order valence-corrected chi connectivity index (χ0v) is 16.7. The van der Waals surface area contributed by atoms with Crippen LogP contribution in [0.15, 0.2) is 36.5 Å². The molecule has 0 radical (unpaired) electrons. The van der Waals surface area contributed by atoms with Crippen LogP contribution in [-0.4, -0.2) is 69.7 Å². The molecule has 1 saturated heterocycles. The molecule has 156 valence electrons. The third-order valence-corrected chi connectivity index (χ3v) is 4.47. The zero-order chi connectivity index (χ0) is 21.3. The summed E-state index contributed by atoms with van der Waals surface area (Å²) in [5, 5.41) is 13.3. The monoisotopic (exact) mass is 413 g/mol. The van der Waals surface area contributed by atoms with Crippen molar-refractivity contribution >= 4 is 11.8 Å². The van der Waals surface area contributed by atoms with Gasteiger partial charge in [0.2, 0.25) is 5.82 Å². The lowest BCUT2D eigenvalue weighted by atomic mass is 10.1. The van der Waals surface area contributed by atoms with E-state index in [0.29, 0.717) is 28.3 Å². The molecule has 1 amide bonds. The number of carbonyl (C=O) groups is 1. The minimum atomic E-state index is -0.531. The first-order chi connectivity index (χ1) is 14.4. The highest BCUT2D eigenvalue weighted by atomic mass is 19.1. The van der Waals surface area contributed by atoms with Crippen molar-refractivity contribution in [3.8, 4) is 22.6 Å². The number of rotatable bonds is 6. The van der Waals surface area contributed by atoms with Crippen LogP contribution in [-0.2, 0) is 16.6 Å². The molecule has 30 heavy (non-hydrogen) atoms. The maximum Gasteiger partial charge on any atom is 0.414 e. The molecular formula is C19H20FN7O3. The van der Waals surface area contributed by atoms with Crippen molar-refractivity contribution in [2.75, 3.05) is 32.1 Å². The van der Waals surface area contributed by atoms with Gasteiger partial charge in [0.25, 0.3) is 0 Å². The van der Waals surface area contributed by atoms with Gasteiger partial charge >= 0.3 is 6.09 Å². The molecule has 4 rings (SSSR count). The zero-order valence-electron chi connectivity index (χ0n) is 16.7. The number of halogens is 1. The Labute approximate surface area is 171 Å². The second kappa shape index (κ2) is 8.13. The predicted octanol–water partition coefficient (Wildman–Crippen LogP) is 1.90. The molecule has 1 aliphatic heterocycles. The number of benzene rings is 1. The van der Waals surface area contributed by atoms with Gasteiger partial charge in [-0.2, -0.15) is 9.86 Å². The quantitative estimate of drug-likeness (QED) is 0.565. The summed E-state index contributed by atoms with van der Waals surface area (Å²) < 4.78 is 20.1. The number of aryl methyl sites for hydroxylation is 1. The molecule has 3 aromatic rings. The van der Waals surface area contributed by atoms with Crippen LogP contribution in [0.2, 0.25) is 0 Å². The normalized spacial score (nSPS) is 16.4. The van der Waals surface area contributed by atoms with Gasteiger partial charge < -0.3 is 4.74 Å². The predicted molar refractivity (Wildman–Crippen MR) is 105 cm³/mol. The van der Waals surface area contributed by atoms with Gasteiger partial charge in [0.1, 0.15) is 24.2 Å². The average Bonchev–Trinajstić information content (AvgIpc) is 3.32. The largest absolute Gasteiger partial charge is 0.441 e. The fourth-order valence-electron chi connectivity index (χ4n) is 3.03. The van der Waals surface area contributed by atoms with Crippen molar-refractivity contribution in [1.82, 2.24) is 30.3 Å². The molecule has 0 aliphatic carbocycles. The molecule has 1 atom stereocenters. The fourth-order valence-corrected chi connectivity index (χ4v) is 3.03. The maximum atomic E-state index is 14.8. The number of amides is 1. The summed E-state index contributed by atoms with van der Waals surface area (Å²) in [5.74, 6) is -0.0827. The summed E-state index contributed by atoms with van der Waals surface area (Å²) in [7, 11) is 5.15. The van der Waals surface area contributed by atoms with Crippen molar-refractivity contribution in [1.29, 1.82) is 0 Å². The highest BCUT2D eigenvalue weighted by molar-refractivity contribution is 5.90. The lowest BCUT2D eigenvalue weighted by molar-refractivity contribution is -0.139. The number of carbonyl (C=O) groups excluding carboxylic acids is 1. The number of hydroxylamine groups is 2. The molecule has 0 unspecified atom stereocenters. The van der Waals surface area contributed by atoms with E-state index in [9.17, 15) is 9.18 Å². The van der Waals surface area contributed by atoms with Crippen LogP contribution in [0.5, 0.6) is 0 Å². The number of hydrogen-bond donors (Lipinski definition) is 0. The Balaban J connectivity index is 1.50. The van der Waals surface area contributed by atoms with Crippen LogP contribution in [0, 0.1) is 5.82 Å². The first-order valence-electron chi connectivity index (χ1n) is 9.19. The number of anilines is 1. The van der Waals surface area contributed by atoms with Gasteiger partial charge in [-0.15, -0.1) is 10.2 Å². The van der Waals surface area contributed by atoms with E-state index in [1.807, 2.05) is 0 Å². The molecule has 3 heterocycles. The summed E-state index contributed by atoms with van der Waals surface area (Å²) in [6.45, 7) is 0.515. The van der Waals surface area contributed by atoms with Crippen LogP contribution >= 0.6 is 0 Å². The van der Waals surface area contributed by atoms with Crippen LogP contribution in [0.25, 0.3) is 22.6 Å². The van der Waals surface area contributed by atoms with Crippen LogP contribution in [0.1, 0.15) is 0 Å². The van der Waals surface area contributed by atoms with E-state index in [-0.39, 0.29) is 13.2 Å². The Morgan fingerprint density at radius 1 is 1.30 bits per heavy atom. The number of nitrogens with zero attached hydrogens (tertiary/aromatic N) is 7. The average molecular weight is 413 g/mol. The first-order valence-corrected chi connectivity index (χ1v) is 9.19. The summed E-state index contributed by atoms with van der Waals surface area (Å²) in [4.78, 5) is 24.5. The van der Waals surface area contributed by atoms with E-state index >= 15 is 0 Å². The number of pyridine rings is 1. The van der Waals surface area contributed by atoms with Gasteiger partial charge in [0.05, 0.1) is 19.3 Å².